The molecule has 1 fully saturated rings. The third-order valence-corrected chi connectivity index (χ3v) is 4.53. The number of fused-ring (bicyclic) bond motifs is 1. The van der Waals surface area contributed by atoms with Crippen molar-refractivity contribution in [2.45, 2.75) is 20.8 Å². The summed E-state index contributed by atoms with van der Waals surface area (Å²) in [6.45, 7) is 7.45. The molecule has 0 saturated carbocycles. The van der Waals surface area contributed by atoms with Gasteiger partial charge >= 0.3 is 6.09 Å². The fourth-order valence-corrected chi connectivity index (χ4v) is 3.02. The predicted octanol–water partition coefficient (Wildman–Crippen LogP) is 1.39. The van der Waals surface area contributed by atoms with E-state index in [0.717, 1.165) is 0 Å². The maximum atomic E-state index is 13.0. The molecule has 0 N–H and O–H groups in total. The minimum absolute atomic E-state index is 0.162. The van der Waals surface area contributed by atoms with E-state index in [1.807, 2.05) is 13.8 Å². The summed E-state index contributed by atoms with van der Waals surface area (Å²) >= 11 is 0. The number of hydrogen-bond acceptors (Lipinski definition) is 6. The van der Waals surface area contributed by atoms with Gasteiger partial charge in [-0.3, -0.25) is 9.59 Å². The third kappa shape index (κ3) is 3.67. The largest absolute Gasteiger partial charge is 0.449 e. The molecule has 2 aromatic heterocycles. The Morgan fingerprint density at radius 3 is 2.48 bits per heavy atom. The van der Waals surface area contributed by atoms with Gasteiger partial charge in [-0.2, -0.15) is 0 Å². The van der Waals surface area contributed by atoms with Crippen LogP contribution in [0.25, 0.3) is 11.1 Å². The van der Waals surface area contributed by atoms with Crippen molar-refractivity contribution in [3.8, 4) is 0 Å². The van der Waals surface area contributed by atoms with Crippen LogP contribution in [0.2, 0.25) is 0 Å². The molecule has 3 rings (SSSR count). The monoisotopic (exact) mass is 376 g/mol. The van der Waals surface area contributed by atoms with E-state index < -0.39 is 0 Å². The molecular formula is C18H24N4O5. The van der Waals surface area contributed by atoms with E-state index in [1.165, 1.54) is 10.9 Å². The zero-order chi connectivity index (χ0) is 19.7. The molecule has 1 aliphatic heterocycles. The van der Waals surface area contributed by atoms with Crippen LogP contribution >= 0.6 is 0 Å². The van der Waals surface area contributed by atoms with Crippen molar-refractivity contribution in [2.24, 2.45) is 13.0 Å². The number of piperazine rings is 1. The Morgan fingerprint density at radius 2 is 1.85 bits per heavy atom. The van der Waals surface area contributed by atoms with Crippen LogP contribution in [0.5, 0.6) is 0 Å². The van der Waals surface area contributed by atoms with Gasteiger partial charge in [0.15, 0.2) is 0 Å². The number of amides is 2. The van der Waals surface area contributed by atoms with Gasteiger partial charge in [-0.05, 0) is 12.8 Å². The zero-order valence-electron chi connectivity index (χ0n) is 16.0. The molecule has 0 unspecified atom stereocenters. The minimum atomic E-state index is -0.362. The van der Waals surface area contributed by atoms with Gasteiger partial charge in [0.25, 0.3) is 11.5 Å². The van der Waals surface area contributed by atoms with Crippen LogP contribution in [-0.2, 0) is 11.8 Å². The molecular weight excluding hydrogens is 352 g/mol. The van der Waals surface area contributed by atoms with E-state index in [0.29, 0.717) is 38.5 Å². The Morgan fingerprint density at radius 1 is 1.22 bits per heavy atom. The van der Waals surface area contributed by atoms with Gasteiger partial charge in [-0.1, -0.05) is 13.8 Å². The second-order valence-electron chi connectivity index (χ2n) is 7.12. The summed E-state index contributed by atoms with van der Waals surface area (Å²) in [5.41, 5.74) is 0.0838. The quantitative estimate of drug-likeness (QED) is 0.803. The van der Waals surface area contributed by atoms with Crippen molar-refractivity contribution >= 4 is 23.1 Å². The van der Waals surface area contributed by atoms with Gasteiger partial charge in [0, 0.05) is 33.2 Å². The van der Waals surface area contributed by atoms with Crippen LogP contribution in [0.1, 0.15) is 30.0 Å². The summed E-state index contributed by atoms with van der Waals surface area (Å²) in [6, 6.07) is 0. The Bertz CT molecular complexity index is 922. The normalized spacial score (nSPS) is 14.9. The maximum Gasteiger partial charge on any atom is 0.409 e. The first-order valence-electron chi connectivity index (χ1n) is 8.95. The summed E-state index contributed by atoms with van der Waals surface area (Å²) in [5, 5.41) is 0.196. The fourth-order valence-electron chi connectivity index (χ4n) is 3.02. The van der Waals surface area contributed by atoms with E-state index in [1.54, 1.807) is 23.8 Å². The third-order valence-electron chi connectivity index (χ3n) is 4.53. The highest BCUT2D eigenvalue weighted by molar-refractivity contribution is 6.06. The van der Waals surface area contributed by atoms with Crippen LogP contribution < -0.4 is 5.56 Å². The first kappa shape index (κ1) is 18.9. The molecule has 9 heteroatoms. The average molecular weight is 376 g/mol. The van der Waals surface area contributed by atoms with Gasteiger partial charge in [-0.15, -0.1) is 0 Å². The molecule has 0 aromatic carbocycles. The lowest BCUT2D eigenvalue weighted by atomic mass is 10.1. The minimum Gasteiger partial charge on any atom is -0.449 e. The molecule has 0 bridgehead atoms. The van der Waals surface area contributed by atoms with Crippen molar-refractivity contribution < 1.29 is 18.7 Å². The number of aromatic nitrogens is 2. The molecule has 146 valence electrons. The summed E-state index contributed by atoms with van der Waals surface area (Å²) < 4.78 is 12.1. The molecule has 3 heterocycles. The SMILES string of the molecule is Cc1oc2ncn(C)c(=O)c2c1C(=O)N1CCN(C(=O)OCC(C)C)CC1. The Kier molecular flexibility index (Phi) is 5.20. The Balaban J connectivity index is 1.75. The van der Waals surface area contributed by atoms with Gasteiger partial charge in [0.05, 0.1) is 12.2 Å². The molecule has 0 atom stereocenters. The second-order valence-corrected chi connectivity index (χ2v) is 7.12. The molecule has 2 amide bonds. The summed E-state index contributed by atoms with van der Waals surface area (Å²) in [5.74, 6) is 0.349. The first-order valence-corrected chi connectivity index (χ1v) is 8.95. The topological polar surface area (TPSA) is 97.9 Å². The van der Waals surface area contributed by atoms with E-state index in [2.05, 4.69) is 4.98 Å². The van der Waals surface area contributed by atoms with Crippen LogP contribution in [0, 0.1) is 12.8 Å². The van der Waals surface area contributed by atoms with E-state index in [4.69, 9.17) is 9.15 Å². The smallest absolute Gasteiger partial charge is 0.409 e. The van der Waals surface area contributed by atoms with E-state index in [-0.39, 0.29) is 40.1 Å². The predicted molar refractivity (Wildman–Crippen MR) is 97.6 cm³/mol. The number of carbonyl (C=O) groups is 2. The highest BCUT2D eigenvalue weighted by Crippen LogP contribution is 2.23. The van der Waals surface area contributed by atoms with E-state index >= 15 is 0 Å². The highest BCUT2D eigenvalue weighted by atomic mass is 16.6. The van der Waals surface area contributed by atoms with Crippen LogP contribution in [0.15, 0.2) is 15.5 Å². The van der Waals surface area contributed by atoms with Crippen LogP contribution in [-0.4, -0.2) is 64.1 Å². The summed E-state index contributed by atoms with van der Waals surface area (Å²) in [6.07, 6.45) is 1.00. The van der Waals surface area contributed by atoms with Gasteiger partial charge in [0.2, 0.25) is 5.71 Å². The molecule has 1 saturated heterocycles. The second kappa shape index (κ2) is 7.42. The fraction of sp³-hybridized carbons (Fsp3) is 0.556. The van der Waals surface area contributed by atoms with Crippen LogP contribution in [0.4, 0.5) is 4.79 Å². The van der Waals surface area contributed by atoms with Gasteiger partial charge in [-0.25, -0.2) is 9.78 Å². The van der Waals surface area contributed by atoms with Crippen molar-refractivity contribution in [2.75, 3.05) is 32.8 Å². The summed E-state index contributed by atoms with van der Waals surface area (Å²) in [7, 11) is 1.58. The number of hydrogen-bond donors (Lipinski definition) is 0. The highest BCUT2D eigenvalue weighted by Gasteiger charge is 2.30. The maximum absolute atomic E-state index is 13.0. The van der Waals surface area contributed by atoms with Crippen LogP contribution in [0.3, 0.4) is 0 Å². The number of furan rings is 1. The number of ether oxygens (including phenoxy) is 1. The zero-order valence-corrected chi connectivity index (χ0v) is 16.0. The van der Waals surface area contributed by atoms with Crippen molar-refractivity contribution in [1.29, 1.82) is 0 Å². The van der Waals surface area contributed by atoms with E-state index in [9.17, 15) is 14.4 Å². The number of aryl methyl sites for hydroxylation is 2. The molecule has 9 nitrogen and oxygen atoms in total. The Labute approximate surface area is 156 Å². The molecule has 27 heavy (non-hydrogen) atoms. The van der Waals surface area contributed by atoms with Gasteiger partial charge in [0.1, 0.15) is 17.5 Å². The van der Waals surface area contributed by atoms with Crippen molar-refractivity contribution in [1.82, 2.24) is 19.4 Å². The molecule has 2 aromatic rings. The van der Waals surface area contributed by atoms with Crippen molar-refractivity contribution in [3.63, 3.8) is 0 Å². The molecule has 0 spiro atoms. The molecule has 0 aliphatic carbocycles. The lowest BCUT2D eigenvalue weighted by molar-refractivity contribution is 0.0535. The average Bonchev–Trinajstić information content (AvgIpc) is 2.99. The number of rotatable bonds is 3. The number of nitrogens with zero attached hydrogens (tertiary/aromatic N) is 4. The lowest BCUT2D eigenvalue weighted by Gasteiger charge is -2.34. The first-order chi connectivity index (χ1) is 12.8. The molecule has 1 aliphatic rings. The van der Waals surface area contributed by atoms with Gasteiger partial charge < -0.3 is 23.5 Å². The lowest BCUT2D eigenvalue weighted by Crippen LogP contribution is -2.51. The number of carbonyl (C=O) groups excluding carboxylic acids is 2. The summed E-state index contributed by atoms with van der Waals surface area (Å²) in [4.78, 5) is 44.8. The molecule has 0 radical (unpaired) electrons. The standard InChI is InChI=1S/C18H24N4O5/c1-11(2)9-26-18(25)22-7-5-21(6-8-22)17(24)13-12(3)27-15-14(13)16(23)20(4)10-19-15/h10-11H,5-9H2,1-4H3. The van der Waals surface area contributed by atoms with Crippen molar-refractivity contribution in [3.05, 3.63) is 28.0 Å². The Hall–Kier alpha value is -2.84.